The molecule has 0 aromatic heterocycles. The minimum absolute atomic E-state index is 0.446. The van der Waals surface area contributed by atoms with Crippen LogP contribution in [0.15, 0.2) is 121 Å². The molecule has 0 aliphatic heterocycles. The van der Waals surface area contributed by atoms with E-state index in [1.165, 1.54) is 21.5 Å². The minimum atomic E-state index is -0.446. The van der Waals surface area contributed by atoms with Crippen molar-refractivity contribution in [1.82, 2.24) is 0 Å². The first-order chi connectivity index (χ1) is 14.9. The van der Waals surface area contributed by atoms with Gasteiger partial charge in [-0.25, -0.2) is 0 Å². The minimum Gasteiger partial charge on any atom is -0.0622 e. The van der Waals surface area contributed by atoms with E-state index >= 15 is 0 Å². The van der Waals surface area contributed by atoms with Crippen molar-refractivity contribution >= 4 is 33.4 Å². The molecule has 3 radical (unpaired) electrons. The molecule has 0 unspecified atom stereocenters. The summed E-state index contributed by atoms with van der Waals surface area (Å²) in [5.74, 6) is 0. The molecular weight excluding hydrogens is 497 g/mol. The van der Waals surface area contributed by atoms with E-state index in [4.69, 9.17) is 0 Å². The second-order valence-corrected chi connectivity index (χ2v) is 8.38. The summed E-state index contributed by atoms with van der Waals surface area (Å²) < 4.78 is 0. The SMILES string of the molecule is [CH2][CH][CH]c1ccccc1.[Cl][Pd+].c1ccc(P(c2ccccc2)c2ccccc2)cc1. The van der Waals surface area contributed by atoms with Gasteiger partial charge in [-0.2, -0.15) is 0 Å². The first-order valence-corrected chi connectivity index (χ1v) is 12.8. The monoisotopic (exact) mass is 520 g/mol. The molecule has 0 nitrogen and oxygen atoms in total. The molecule has 0 amide bonds. The summed E-state index contributed by atoms with van der Waals surface area (Å²) in [6.45, 7) is 3.60. The van der Waals surface area contributed by atoms with Gasteiger partial charge in [-0.1, -0.05) is 121 Å². The average Bonchev–Trinajstić information content (AvgIpc) is 2.84. The smallest absolute Gasteiger partial charge is 0.0134 e. The van der Waals surface area contributed by atoms with Crippen LogP contribution >= 0.6 is 17.5 Å². The Morgan fingerprint density at radius 3 is 1.13 bits per heavy atom. The molecule has 4 aromatic rings. The summed E-state index contributed by atoms with van der Waals surface area (Å²) in [5.41, 5.74) is 1.20. The average molecular weight is 521 g/mol. The van der Waals surface area contributed by atoms with Gasteiger partial charge in [-0.05, 0) is 49.2 Å². The Kier molecular flexibility index (Phi) is 12.4. The van der Waals surface area contributed by atoms with E-state index < -0.39 is 7.92 Å². The molecule has 30 heavy (non-hydrogen) atoms. The maximum Gasteiger partial charge on any atom is -0.0134 e. The van der Waals surface area contributed by atoms with Crippen molar-refractivity contribution in [1.29, 1.82) is 0 Å². The molecule has 4 rings (SSSR count). The molecule has 0 saturated heterocycles. The Morgan fingerprint density at radius 2 is 0.833 bits per heavy atom. The van der Waals surface area contributed by atoms with E-state index in [9.17, 15) is 0 Å². The van der Waals surface area contributed by atoms with Gasteiger partial charge in [-0.3, -0.25) is 0 Å². The maximum atomic E-state index is 4.49. The van der Waals surface area contributed by atoms with E-state index in [0.29, 0.717) is 0 Å². The molecular formula is C27H24ClPPd+. The predicted molar refractivity (Wildman–Crippen MR) is 131 cm³/mol. The van der Waals surface area contributed by atoms with Gasteiger partial charge in [0.05, 0.1) is 0 Å². The maximum absolute atomic E-state index is 4.49. The van der Waals surface area contributed by atoms with E-state index in [2.05, 4.69) is 126 Å². The van der Waals surface area contributed by atoms with Crippen molar-refractivity contribution in [2.24, 2.45) is 0 Å². The van der Waals surface area contributed by atoms with Crippen LogP contribution in [0, 0.1) is 19.8 Å². The molecule has 3 heteroatoms. The number of rotatable bonds is 5. The largest absolute Gasteiger partial charge is 0.0622 e. The van der Waals surface area contributed by atoms with Gasteiger partial charge in [0.25, 0.3) is 0 Å². The number of benzene rings is 4. The van der Waals surface area contributed by atoms with Crippen LogP contribution in [0.25, 0.3) is 0 Å². The summed E-state index contributed by atoms with van der Waals surface area (Å²) in [6.07, 6.45) is 3.76. The van der Waals surface area contributed by atoms with Crippen molar-refractivity contribution in [3.8, 4) is 0 Å². The van der Waals surface area contributed by atoms with Crippen LogP contribution in [-0.4, -0.2) is 0 Å². The molecule has 0 saturated carbocycles. The van der Waals surface area contributed by atoms with Crippen LogP contribution in [0.3, 0.4) is 0 Å². The van der Waals surface area contributed by atoms with Crippen LogP contribution in [0.5, 0.6) is 0 Å². The topological polar surface area (TPSA) is 0 Å². The zero-order valence-electron chi connectivity index (χ0n) is 16.6. The van der Waals surface area contributed by atoms with Crippen LogP contribution < -0.4 is 15.9 Å². The quantitative estimate of drug-likeness (QED) is 0.211. The Hall–Kier alpha value is -1.74. The third kappa shape index (κ3) is 8.18. The molecule has 0 fully saturated rings. The van der Waals surface area contributed by atoms with E-state index in [-0.39, 0.29) is 0 Å². The second-order valence-electron chi connectivity index (χ2n) is 6.16. The van der Waals surface area contributed by atoms with Crippen molar-refractivity contribution in [3.05, 3.63) is 147 Å². The summed E-state index contributed by atoms with van der Waals surface area (Å²) in [4.78, 5) is 0. The summed E-state index contributed by atoms with van der Waals surface area (Å²) >= 11 is 2.22. The number of hydrogen-bond donors (Lipinski definition) is 0. The van der Waals surface area contributed by atoms with Gasteiger partial charge < -0.3 is 0 Å². The molecule has 0 bridgehead atoms. The molecule has 4 aromatic carbocycles. The Bertz CT molecular complexity index is 822. The van der Waals surface area contributed by atoms with Crippen molar-refractivity contribution in [2.75, 3.05) is 0 Å². The molecule has 0 aliphatic rings. The Balaban J connectivity index is 0.000000245. The van der Waals surface area contributed by atoms with Crippen molar-refractivity contribution in [2.45, 2.75) is 0 Å². The Labute approximate surface area is 197 Å². The van der Waals surface area contributed by atoms with Gasteiger partial charge >= 0.3 is 27.7 Å². The first kappa shape index (κ1) is 24.5. The van der Waals surface area contributed by atoms with Gasteiger partial charge in [0.15, 0.2) is 0 Å². The zero-order chi connectivity index (χ0) is 21.4. The normalized spacial score (nSPS) is 9.77. The molecule has 153 valence electrons. The molecule has 0 N–H and O–H groups in total. The fourth-order valence-electron chi connectivity index (χ4n) is 2.88. The predicted octanol–water partition coefficient (Wildman–Crippen LogP) is 6.41. The Morgan fingerprint density at radius 1 is 0.533 bits per heavy atom. The molecule has 0 atom stereocenters. The van der Waals surface area contributed by atoms with E-state index in [1.54, 1.807) is 6.42 Å². The standard InChI is InChI=1S/C18H15P.C9H9.ClH.Pd/c1-4-10-16(11-5-1)19(17-12-6-2-7-13-17)18-14-8-3-9-15-18;1-2-6-9-7-4-3-5-8-9;;/h1-15H;2-8H,1H2;1H;/q;;;+2/p-1. The van der Waals surface area contributed by atoms with Gasteiger partial charge in [0.1, 0.15) is 0 Å². The van der Waals surface area contributed by atoms with Crippen LogP contribution in [0.4, 0.5) is 0 Å². The van der Waals surface area contributed by atoms with Crippen molar-refractivity contribution in [3.63, 3.8) is 0 Å². The van der Waals surface area contributed by atoms with Gasteiger partial charge in [0, 0.05) is 0 Å². The summed E-state index contributed by atoms with van der Waals surface area (Å²) in [6, 6.07) is 42.4. The number of halogens is 1. The third-order valence-electron chi connectivity index (χ3n) is 4.15. The molecule has 0 heterocycles. The third-order valence-corrected chi connectivity index (χ3v) is 6.60. The fraction of sp³-hybridized carbons (Fsp3) is 0. The van der Waals surface area contributed by atoms with E-state index in [0.717, 1.165) is 0 Å². The summed E-state index contributed by atoms with van der Waals surface area (Å²) in [5, 5.41) is 4.19. The first-order valence-electron chi connectivity index (χ1n) is 9.46. The van der Waals surface area contributed by atoms with Crippen LogP contribution in [0.2, 0.25) is 0 Å². The van der Waals surface area contributed by atoms with Gasteiger partial charge in [0.2, 0.25) is 0 Å². The van der Waals surface area contributed by atoms with Crippen molar-refractivity contribution < 1.29 is 18.2 Å². The summed E-state index contributed by atoms with van der Waals surface area (Å²) in [7, 11) is 4.04. The zero-order valence-corrected chi connectivity index (χ0v) is 19.8. The number of hydrogen-bond acceptors (Lipinski definition) is 0. The van der Waals surface area contributed by atoms with Crippen LogP contribution in [-0.2, 0) is 18.2 Å². The fourth-order valence-corrected chi connectivity index (χ4v) is 5.18. The molecule has 0 aliphatic carbocycles. The van der Waals surface area contributed by atoms with Gasteiger partial charge in [-0.15, -0.1) is 0 Å². The van der Waals surface area contributed by atoms with Crippen LogP contribution in [0.1, 0.15) is 5.56 Å². The van der Waals surface area contributed by atoms with E-state index in [1.807, 2.05) is 36.8 Å². The second kappa shape index (κ2) is 15.1. The molecule has 0 spiro atoms.